The topological polar surface area (TPSA) is 29.1 Å². The van der Waals surface area contributed by atoms with E-state index in [2.05, 4.69) is 5.09 Å². The Morgan fingerprint density at radius 3 is 2.18 bits per heavy atom. The monoisotopic (exact) mass is 209 g/mol. The molecule has 11 heavy (non-hydrogen) atoms. The van der Waals surface area contributed by atoms with Crippen LogP contribution < -0.4 is 5.09 Å². The maximum absolute atomic E-state index is 10.8. The van der Waals surface area contributed by atoms with Crippen LogP contribution in [0.4, 0.5) is 5.69 Å². The fourth-order valence-electron chi connectivity index (χ4n) is 0.663. The van der Waals surface area contributed by atoms with Gasteiger partial charge in [-0.15, -0.1) is 0 Å². The Balaban J connectivity index is 2.74. The lowest BCUT2D eigenvalue weighted by atomic mass is 10.3. The fourth-order valence-corrected chi connectivity index (χ4v) is 1.70. The molecule has 1 aromatic carbocycles. The lowest BCUT2D eigenvalue weighted by Crippen LogP contribution is -1.84. The zero-order valence-electron chi connectivity index (χ0n) is 5.50. The highest BCUT2D eigenvalue weighted by atomic mass is 35.9. The van der Waals surface area contributed by atoms with Crippen molar-refractivity contribution in [1.82, 2.24) is 0 Å². The molecule has 5 heteroatoms. The van der Waals surface area contributed by atoms with E-state index in [0.717, 1.165) is 0 Å². The van der Waals surface area contributed by atoms with Gasteiger partial charge in [-0.2, -0.15) is 0 Å². The van der Waals surface area contributed by atoms with E-state index < -0.39 is 6.00 Å². The maximum Gasteiger partial charge on any atom is 0.343 e. The third-order valence-corrected chi connectivity index (χ3v) is 2.06. The molecule has 0 amide bonds. The van der Waals surface area contributed by atoms with Crippen molar-refractivity contribution in [2.45, 2.75) is 0 Å². The van der Waals surface area contributed by atoms with E-state index in [1.807, 2.05) is 6.07 Å². The summed E-state index contributed by atoms with van der Waals surface area (Å²) in [7, 11) is 0. The molecule has 1 rings (SSSR count). The summed E-state index contributed by atoms with van der Waals surface area (Å²) in [4.78, 5) is 0. The van der Waals surface area contributed by atoms with E-state index in [9.17, 15) is 4.57 Å². The quantitative estimate of drug-likeness (QED) is 0.754. The zero-order valence-corrected chi connectivity index (χ0v) is 7.90. The fraction of sp³-hybridized carbons (Fsp3) is 0. The third-order valence-electron chi connectivity index (χ3n) is 1.03. The Labute approximate surface area is 74.5 Å². The van der Waals surface area contributed by atoms with Crippen LogP contribution in [0, 0.1) is 0 Å². The van der Waals surface area contributed by atoms with Gasteiger partial charge < -0.3 is 5.09 Å². The molecule has 60 valence electrons. The van der Waals surface area contributed by atoms with Crippen LogP contribution in [0.2, 0.25) is 0 Å². The molecule has 0 aliphatic heterocycles. The predicted octanol–water partition coefficient (Wildman–Crippen LogP) is 3.68. The second-order valence-corrected chi connectivity index (χ2v) is 6.46. The summed E-state index contributed by atoms with van der Waals surface area (Å²) in [6.07, 6.45) is 0. The van der Waals surface area contributed by atoms with Gasteiger partial charge in [0.15, 0.2) is 0 Å². The average molecular weight is 210 g/mol. The largest absolute Gasteiger partial charge is 0.343 e. The molecule has 1 N–H and O–H groups in total. The number of hydrogen-bond donors (Lipinski definition) is 1. The third kappa shape index (κ3) is 3.66. The second-order valence-electron chi connectivity index (χ2n) is 1.94. The molecule has 0 spiro atoms. The molecule has 2 nitrogen and oxygen atoms in total. The molecular weight excluding hydrogens is 204 g/mol. The molecule has 0 bridgehead atoms. The first kappa shape index (κ1) is 8.92. The Morgan fingerprint density at radius 1 is 1.18 bits per heavy atom. The van der Waals surface area contributed by atoms with Crippen molar-refractivity contribution in [3.63, 3.8) is 0 Å². The molecule has 1 aromatic rings. The first-order chi connectivity index (χ1) is 5.08. The normalized spacial score (nSPS) is 11.1. The van der Waals surface area contributed by atoms with E-state index in [4.69, 9.17) is 22.5 Å². The smallest absolute Gasteiger partial charge is 0.313 e. The molecular formula is C6H6Cl2NOP. The van der Waals surface area contributed by atoms with E-state index >= 15 is 0 Å². The van der Waals surface area contributed by atoms with E-state index in [-0.39, 0.29) is 0 Å². The summed E-state index contributed by atoms with van der Waals surface area (Å²) in [5.74, 6) is -3.19. The number of halogens is 2. The van der Waals surface area contributed by atoms with Crippen molar-refractivity contribution in [2.24, 2.45) is 0 Å². The molecule has 0 radical (unpaired) electrons. The number of para-hydroxylation sites is 1. The van der Waals surface area contributed by atoms with Crippen LogP contribution in [-0.4, -0.2) is 0 Å². The van der Waals surface area contributed by atoms with Gasteiger partial charge in [0.05, 0.1) is 0 Å². The van der Waals surface area contributed by atoms with Crippen molar-refractivity contribution >= 4 is 34.2 Å². The first-order valence-electron chi connectivity index (χ1n) is 2.90. The van der Waals surface area contributed by atoms with Crippen LogP contribution in [0.15, 0.2) is 30.3 Å². The van der Waals surface area contributed by atoms with Gasteiger partial charge in [0.1, 0.15) is 0 Å². The average Bonchev–Trinajstić information content (AvgIpc) is 1.85. The molecule has 0 heterocycles. The van der Waals surface area contributed by atoms with E-state index in [1.54, 1.807) is 24.3 Å². The van der Waals surface area contributed by atoms with Crippen LogP contribution in [-0.2, 0) is 4.57 Å². The van der Waals surface area contributed by atoms with Crippen molar-refractivity contribution in [3.05, 3.63) is 30.3 Å². The number of rotatable bonds is 2. The molecule has 0 aromatic heterocycles. The van der Waals surface area contributed by atoms with Crippen molar-refractivity contribution in [1.29, 1.82) is 0 Å². The molecule has 0 saturated heterocycles. The van der Waals surface area contributed by atoms with Gasteiger partial charge >= 0.3 is 6.00 Å². The minimum absolute atomic E-state index is 0.654. The van der Waals surface area contributed by atoms with Crippen LogP contribution in [0.1, 0.15) is 0 Å². The van der Waals surface area contributed by atoms with Crippen molar-refractivity contribution in [3.8, 4) is 0 Å². The Hall–Kier alpha value is -0.170. The Morgan fingerprint density at radius 2 is 1.73 bits per heavy atom. The summed E-state index contributed by atoms with van der Waals surface area (Å²) in [5.41, 5.74) is 0.654. The molecule has 0 atom stereocenters. The second kappa shape index (κ2) is 3.48. The molecule has 0 aliphatic rings. The first-order valence-corrected chi connectivity index (χ1v) is 6.42. The molecule has 0 fully saturated rings. The van der Waals surface area contributed by atoms with Gasteiger partial charge in [-0.3, -0.25) is 4.57 Å². The van der Waals surface area contributed by atoms with Crippen LogP contribution in [0.3, 0.4) is 0 Å². The Kier molecular flexibility index (Phi) is 2.83. The molecule has 0 saturated carbocycles. The SMILES string of the molecule is O=P(Cl)(Cl)Nc1ccccc1. The number of benzene rings is 1. The van der Waals surface area contributed by atoms with Gasteiger partial charge in [-0.05, 0) is 34.6 Å². The van der Waals surface area contributed by atoms with Gasteiger partial charge in [0.2, 0.25) is 0 Å². The van der Waals surface area contributed by atoms with Gasteiger partial charge in [-0.25, -0.2) is 0 Å². The van der Waals surface area contributed by atoms with Crippen molar-refractivity contribution in [2.75, 3.05) is 5.09 Å². The zero-order chi connectivity index (χ0) is 8.32. The highest BCUT2D eigenvalue weighted by molar-refractivity contribution is 8.09. The maximum atomic E-state index is 10.8. The van der Waals surface area contributed by atoms with Crippen LogP contribution >= 0.6 is 28.5 Å². The lowest BCUT2D eigenvalue weighted by molar-refractivity contribution is 0.595. The summed E-state index contributed by atoms with van der Waals surface area (Å²) in [5, 5.41) is 2.47. The number of hydrogen-bond acceptors (Lipinski definition) is 1. The summed E-state index contributed by atoms with van der Waals surface area (Å²) in [6, 6.07) is 8.91. The molecule has 0 unspecified atom stereocenters. The summed E-state index contributed by atoms with van der Waals surface area (Å²) >= 11 is 10.6. The Bertz CT molecular complexity index is 271. The highest BCUT2D eigenvalue weighted by Crippen LogP contribution is 2.55. The van der Waals surface area contributed by atoms with E-state index in [1.165, 1.54) is 0 Å². The van der Waals surface area contributed by atoms with E-state index in [0.29, 0.717) is 5.69 Å². The molecule has 0 aliphatic carbocycles. The predicted molar refractivity (Wildman–Crippen MR) is 49.4 cm³/mol. The van der Waals surface area contributed by atoms with Crippen LogP contribution in [0.25, 0.3) is 0 Å². The van der Waals surface area contributed by atoms with Gasteiger partial charge in [0.25, 0.3) is 0 Å². The van der Waals surface area contributed by atoms with Gasteiger partial charge in [0, 0.05) is 5.69 Å². The summed E-state index contributed by atoms with van der Waals surface area (Å²) < 4.78 is 10.8. The van der Waals surface area contributed by atoms with Crippen LogP contribution in [0.5, 0.6) is 0 Å². The minimum Gasteiger partial charge on any atom is -0.313 e. The number of nitrogens with one attached hydrogen (secondary N) is 1. The standard InChI is InChI=1S/C6H6Cl2NOP/c7-11(8,10)9-6-4-2-1-3-5-6/h1-5H,(H,9,10). The lowest BCUT2D eigenvalue weighted by Gasteiger charge is -2.04. The highest BCUT2D eigenvalue weighted by Gasteiger charge is 2.11. The number of anilines is 1. The van der Waals surface area contributed by atoms with Gasteiger partial charge in [-0.1, -0.05) is 18.2 Å². The van der Waals surface area contributed by atoms with Crippen molar-refractivity contribution < 1.29 is 4.57 Å². The summed E-state index contributed by atoms with van der Waals surface area (Å²) in [6.45, 7) is 0. The minimum atomic E-state index is -3.19.